The van der Waals surface area contributed by atoms with E-state index in [4.69, 9.17) is 16.7 Å². The number of carbonyl (C=O) groups is 1. The third-order valence-electron chi connectivity index (χ3n) is 2.68. The van der Waals surface area contributed by atoms with Gasteiger partial charge in [-0.3, -0.25) is 5.43 Å². The van der Waals surface area contributed by atoms with Crippen molar-refractivity contribution in [2.24, 2.45) is 5.10 Å². The summed E-state index contributed by atoms with van der Waals surface area (Å²) in [5.41, 5.74) is 4.37. The second-order valence-corrected chi connectivity index (χ2v) is 5.63. The van der Waals surface area contributed by atoms with Crippen LogP contribution in [0.15, 0.2) is 58.1 Å². The van der Waals surface area contributed by atoms with Gasteiger partial charge >= 0.3 is 5.97 Å². The van der Waals surface area contributed by atoms with Crippen molar-refractivity contribution < 1.29 is 9.90 Å². The average Bonchev–Trinajstić information content (AvgIpc) is 2.49. The minimum atomic E-state index is -1.08. The summed E-state index contributed by atoms with van der Waals surface area (Å²) in [5, 5.41) is 13.2. The van der Waals surface area contributed by atoms with Gasteiger partial charge in [0.05, 0.1) is 22.5 Å². The topological polar surface area (TPSA) is 61.7 Å². The molecule has 0 saturated heterocycles. The Hall–Kier alpha value is -2.11. The molecule has 0 unspecified atom stereocenters. The lowest BCUT2D eigenvalue weighted by molar-refractivity contribution is 0.0697. The molecule has 0 fully saturated rings. The van der Waals surface area contributed by atoms with E-state index in [1.54, 1.807) is 12.3 Å². The van der Waals surface area contributed by atoms with Crippen molar-refractivity contribution >= 4 is 51.5 Å². The van der Waals surface area contributed by atoms with Gasteiger partial charge in [-0.25, -0.2) is 4.79 Å². The van der Waals surface area contributed by atoms with E-state index in [9.17, 15) is 4.79 Å². The molecule has 0 heterocycles. The van der Waals surface area contributed by atoms with Crippen molar-refractivity contribution in [3.8, 4) is 0 Å². The lowest BCUT2D eigenvalue weighted by Gasteiger charge is -2.03. The fourth-order valence-corrected chi connectivity index (χ4v) is 2.24. The second-order valence-electron chi connectivity index (χ2n) is 4.31. The van der Waals surface area contributed by atoms with Crippen molar-refractivity contribution in [2.45, 2.75) is 0 Å². The van der Waals surface area contributed by atoms with Crippen LogP contribution in [0.4, 0.5) is 5.69 Å². The molecular formula is C16H12BrClN2O2. The van der Waals surface area contributed by atoms with Crippen LogP contribution in [0.3, 0.4) is 0 Å². The quantitative estimate of drug-likeness (QED) is 0.575. The monoisotopic (exact) mass is 378 g/mol. The zero-order valence-corrected chi connectivity index (χ0v) is 13.7. The lowest BCUT2D eigenvalue weighted by atomic mass is 10.2. The molecule has 0 aliphatic rings. The Balaban J connectivity index is 2.05. The standard InChI is InChI=1S/C16H12BrClN2O2/c17-12(8-11-4-2-1-3-5-11)10-19-20-13-6-7-15(18)14(9-13)16(21)22/h1-10,20H,(H,21,22)/b12-8-,19-10+. The van der Waals surface area contributed by atoms with Crippen LogP contribution in [0, 0.1) is 0 Å². The number of hydrogen-bond acceptors (Lipinski definition) is 3. The Bertz CT molecular complexity index is 730. The predicted octanol–water partition coefficient (Wildman–Crippen LogP) is 4.87. The molecule has 6 heteroatoms. The average molecular weight is 380 g/mol. The number of hydrazone groups is 1. The van der Waals surface area contributed by atoms with Gasteiger partial charge in [-0.1, -0.05) is 41.9 Å². The summed E-state index contributed by atoms with van der Waals surface area (Å²) in [6.45, 7) is 0. The smallest absolute Gasteiger partial charge is 0.337 e. The highest BCUT2D eigenvalue weighted by Crippen LogP contribution is 2.20. The highest BCUT2D eigenvalue weighted by atomic mass is 79.9. The van der Waals surface area contributed by atoms with Gasteiger partial charge < -0.3 is 5.11 Å². The third kappa shape index (κ3) is 4.72. The van der Waals surface area contributed by atoms with E-state index in [1.807, 2.05) is 36.4 Å². The molecule has 0 bridgehead atoms. The molecule has 112 valence electrons. The largest absolute Gasteiger partial charge is 0.478 e. The Morgan fingerprint density at radius 1 is 1.23 bits per heavy atom. The molecule has 0 saturated carbocycles. The molecule has 0 aliphatic carbocycles. The number of rotatable bonds is 5. The van der Waals surface area contributed by atoms with Gasteiger partial charge in [0.1, 0.15) is 0 Å². The van der Waals surface area contributed by atoms with Crippen LogP contribution in [-0.4, -0.2) is 17.3 Å². The van der Waals surface area contributed by atoms with Gasteiger partial charge in [-0.05, 0) is 45.8 Å². The first-order valence-corrected chi connectivity index (χ1v) is 7.47. The number of carboxylic acid groups (broad SMARTS) is 1. The van der Waals surface area contributed by atoms with Crippen molar-refractivity contribution in [1.29, 1.82) is 0 Å². The summed E-state index contributed by atoms with van der Waals surface area (Å²) >= 11 is 9.20. The van der Waals surface area contributed by atoms with Gasteiger partial charge in [0.15, 0.2) is 0 Å². The summed E-state index contributed by atoms with van der Waals surface area (Å²) in [4.78, 5) is 11.0. The van der Waals surface area contributed by atoms with Crippen LogP contribution in [0.2, 0.25) is 5.02 Å². The maximum Gasteiger partial charge on any atom is 0.337 e. The molecule has 4 nitrogen and oxygen atoms in total. The number of halogens is 2. The number of anilines is 1. The maximum absolute atomic E-state index is 11.0. The van der Waals surface area contributed by atoms with E-state index in [0.29, 0.717) is 5.69 Å². The van der Waals surface area contributed by atoms with Crippen LogP contribution < -0.4 is 5.43 Å². The molecule has 0 spiro atoms. The first-order valence-electron chi connectivity index (χ1n) is 6.30. The number of hydrogen-bond donors (Lipinski definition) is 2. The third-order valence-corrected chi connectivity index (χ3v) is 3.45. The molecule has 0 aliphatic heterocycles. The van der Waals surface area contributed by atoms with E-state index < -0.39 is 5.97 Å². The molecule has 2 aromatic rings. The highest BCUT2D eigenvalue weighted by molar-refractivity contribution is 9.12. The van der Waals surface area contributed by atoms with Crippen LogP contribution in [-0.2, 0) is 0 Å². The summed E-state index contributed by atoms with van der Waals surface area (Å²) in [6.07, 6.45) is 3.50. The van der Waals surface area contributed by atoms with Crippen molar-refractivity contribution in [3.63, 3.8) is 0 Å². The molecule has 2 N–H and O–H groups in total. The molecule has 0 amide bonds. The van der Waals surface area contributed by atoms with Gasteiger partial charge in [-0.15, -0.1) is 0 Å². The van der Waals surface area contributed by atoms with Gasteiger partial charge in [0, 0.05) is 4.48 Å². The van der Waals surface area contributed by atoms with Gasteiger partial charge in [-0.2, -0.15) is 5.10 Å². The normalized spacial score (nSPS) is 11.6. The number of aromatic carboxylic acids is 1. The van der Waals surface area contributed by atoms with Crippen LogP contribution in [0.1, 0.15) is 15.9 Å². The van der Waals surface area contributed by atoms with E-state index >= 15 is 0 Å². The molecule has 0 radical (unpaired) electrons. The van der Waals surface area contributed by atoms with E-state index in [1.165, 1.54) is 12.1 Å². The first kappa shape index (κ1) is 16.3. The SMILES string of the molecule is O=C(O)c1cc(N/N=C/C(Br)=C/c2ccccc2)ccc1Cl. The maximum atomic E-state index is 11.0. The van der Waals surface area contributed by atoms with E-state index in [0.717, 1.165) is 10.0 Å². The summed E-state index contributed by atoms with van der Waals surface area (Å²) in [6, 6.07) is 14.4. The second kappa shape index (κ2) is 7.77. The zero-order chi connectivity index (χ0) is 15.9. The Morgan fingerprint density at radius 3 is 2.64 bits per heavy atom. The Morgan fingerprint density at radius 2 is 1.95 bits per heavy atom. The predicted molar refractivity (Wildman–Crippen MR) is 93.9 cm³/mol. The fraction of sp³-hybridized carbons (Fsp3) is 0. The summed E-state index contributed by atoms with van der Waals surface area (Å²) in [5.74, 6) is -1.08. The number of carboxylic acids is 1. The molecule has 0 aromatic heterocycles. The van der Waals surface area contributed by atoms with Crippen molar-refractivity contribution in [2.75, 3.05) is 5.43 Å². The lowest BCUT2D eigenvalue weighted by Crippen LogP contribution is -1.99. The van der Waals surface area contributed by atoms with Crippen LogP contribution in [0.25, 0.3) is 6.08 Å². The van der Waals surface area contributed by atoms with Gasteiger partial charge in [0.2, 0.25) is 0 Å². The summed E-state index contributed by atoms with van der Waals surface area (Å²) < 4.78 is 0.777. The van der Waals surface area contributed by atoms with Crippen LogP contribution in [0.5, 0.6) is 0 Å². The van der Waals surface area contributed by atoms with E-state index in [-0.39, 0.29) is 10.6 Å². The summed E-state index contributed by atoms with van der Waals surface area (Å²) in [7, 11) is 0. The fourth-order valence-electron chi connectivity index (χ4n) is 1.67. The van der Waals surface area contributed by atoms with Gasteiger partial charge in [0.25, 0.3) is 0 Å². The Labute approximate surface area is 141 Å². The number of allylic oxidation sites excluding steroid dienone is 1. The Kier molecular flexibility index (Phi) is 5.75. The molecule has 2 aromatic carbocycles. The van der Waals surface area contributed by atoms with E-state index in [2.05, 4.69) is 26.5 Å². The highest BCUT2D eigenvalue weighted by Gasteiger charge is 2.08. The van der Waals surface area contributed by atoms with Crippen molar-refractivity contribution in [3.05, 3.63) is 69.2 Å². The number of nitrogens with one attached hydrogen (secondary N) is 1. The minimum Gasteiger partial charge on any atom is -0.478 e. The molecule has 22 heavy (non-hydrogen) atoms. The molecule has 2 rings (SSSR count). The number of benzene rings is 2. The number of nitrogens with zero attached hydrogens (tertiary/aromatic N) is 1. The van der Waals surface area contributed by atoms with Crippen LogP contribution >= 0.6 is 27.5 Å². The first-order chi connectivity index (χ1) is 10.6. The zero-order valence-electron chi connectivity index (χ0n) is 11.3. The molecular weight excluding hydrogens is 368 g/mol. The minimum absolute atomic E-state index is 0.0285. The molecule has 0 atom stereocenters. The van der Waals surface area contributed by atoms with Crippen molar-refractivity contribution in [1.82, 2.24) is 0 Å².